The molecule has 1 heterocycles. The van der Waals surface area contributed by atoms with Gasteiger partial charge in [0.05, 0.1) is 7.11 Å². The summed E-state index contributed by atoms with van der Waals surface area (Å²) in [7, 11) is 1.58. The van der Waals surface area contributed by atoms with Crippen molar-refractivity contribution < 1.29 is 14.6 Å². The first-order chi connectivity index (χ1) is 8.54. The van der Waals surface area contributed by atoms with Crippen molar-refractivity contribution in [1.29, 1.82) is 0 Å². The fourth-order valence-electron chi connectivity index (χ4n) is 1.75. The van der Waals surface area contributed by atoms with Crippen molar-refractivity contribution in [1.82, 2.24) is 10.2 Å². The summed E-state index contributed by atoms with van der Waals surface area (Å²) in [6, 6.07) is 5.31. The normalized spacial score (nSPS) is 10.4. The molecule has 0 fully saturated rings. The number of aromatic carboxylic acids is 1. The second-order valence-corrected chi connectivity index (χ2v) is 4.13. The van der Waals surface area contributed by atoms with E-state index in [1.54, 1.807) is 25.3 Å². The molecule has 1 aromatic carbocycles. The van der Waals surface area contributed by atoms with Crippen molar-refractivity contribution >= 4 is 17.6 Å². The van der Waals surface area contributed by atoms with Crippen molar-refractivity contribution in [2.45, 2.75) is 6.92 Å². The van der Waals surface area contributed by atoms with E-state index in [-0.39, 0.29) is 10.7 Å². The highest BCUT2D eigenvalue weighted by Gasteiger charge is 2.20. The van der Waals surface area contributed by atoms with Crippen LogP contribution in [0.25, 0.3) is 11.3 Å². The Hall–Kier alpha value is -2.01. The molecule has 2 rings (SSSR count). The van der Waals surface area contributed by atoms with Gasteiger partial charge in [0.15, 0.2) is 0 Å². The summed E-state index contributed by atoms with van der Waals surface area (Å²) in [5.41, 5.74) is 1.86. The number of nitrogens with one attached hydrogen (secondary N) is 1. The van der Waals surface area contributed by atoms with Gasteiger partial charge in [0.1, 0.15) is 22.2 Å². The van der Waals surface area contributed by atoms with Gasteiger partial charge in [-0.25, -0.2) is 4.79 Å². The first kappa shape index (κ1) is 12.4. The maximum atomic E-state index is 11.1. The van der Waals surface area contributed by atoms with Crippen LogP contribution in [-0.2, 0) is 0 Å². The van der Waals surface area contributed by atoms with Crippen molar-refractivity contribution in [3.05, 3.63) is 34.5 Å². The van der Waals surface area contributed by atoms with Crippen LogP contribution < -0.4 is 4.74 Å². The van der Waals surface area contributed by atoms with Crippen LogP contribution in [0.5, 0.6) is 5.75 Å². The predicted molar refractivity (Wildman–Crippen MR) is 67.3 cm³/mol. The predicted octanol–water partition coefficient (Wildman–Crippen LogP) is 2.75. The molecule has 5 nitrogen and oxygen atoms in total. The average Bonchev–Trinajstić information content (AvgIpc) is 2.71. The minimum Gasteiger partial charge on any atom is -0.496 e. The van der Waals surface area contributed by atoms with Crippen LogP contribution in [0.2, 0.25) is 5.15 Å². The molecular formula is C12H11ClN2O3. The fourth-order valence-corrected chi connectivity index (χ4v) is 1.96. The topological polar surface area (TPSA) is 75.2 Å². The molecule has 0 amide bonds. The number of hydrogen-bond donors (Lipinski definition) is 2. The van der Waals surface area contributed by atoms with Gasteiger partial charge in [-0.15, -0.1) is 0 Å². The number of carboxylic acid groups (broad SMARTS) is 1. The van der Waals surface area contributed by atoms with E-state index in [4.69, 9.17) is 21.4 Å². The molecule has 0 saturated carbocycles. The van der Waals surface area contributed by atoms with Gasteiger partial charge >= 0.3 is 5.97 Å². The van der Waals surface area contributed by atoms with Gasteiger partial charge in [-0.3, -0.25) is 5.10 Å². The lowest BCUT2D eigenvalue weighted by Crippen LogP contribution is -1.98. The minimum absolute atomic E-state index is 0.0194. The molecule has 0 aliphatic carbocycles. The van der Waals surface area contributed by atoms with E-state index in [0.717, 1.165) is 11.3 Å². The van der Waals surface area contributed by atoms with Crippen LogP contribution in [0.4, 0.5) is 0 Å². The zero-order chi connectivity index (χ0) is 13.3. The summed E-state index contributed by atoms with van der Waals surface area (Å²) in [6.07, 6.45) is 0. The van der Waals surface area contributed by atoms with Gasteiger partial charge < -0.3 is 9.84 Å². The molecule has 0 aliphatic heterocycles. The lowest BCUT2D eigenvalue weighted by Gasteiger charge is -2.06. The Morgan fingerprint density at radius 1 is 1.50 bits per heavy atom. The number of aromatic nitrogens is 2. The first-order valence-electron chi connectivity index (χ1n) is 5.16. The Kier molecular flexibility index (Phi) is 3.25. The number of carboxylic acids is 1. The van der Waals surface area contributed by atoms with Gasteiger partial charge in [0.2, 0.25) is 0 Å². The number of ether oxygens (including phenoxy) is 1. The minimum atomic E-state index is -1.11. The van der Waals surface area contributed by atoms with Crippen LogP contribution in [0.3, 0.4) is 0 Å². The Morgan fingerprint density at radius 2 is 2.22 bits per heavy atom. The van der Waals surface area contributed by atoms with E-state index < -0.39 is 5.97 Å². The molecule has 0 atom stereocenters. The maximum Gasteiger partial charge on any atom is 0.341 e. The summed E-state index contributed by atoms with van der Waals surface area (Å²) in [4.78, 5) is 11.1. The zero-order valence-electron chi connectivity index (χ0n) is 9.82. The maximum absolute atomic E-state index is 11.1. The standard InChI is InChI=1S/C12H11ClN2O3/c1-6-5-7(3-4-8(6)18-2)10-9(12(16)17)11(13)15-14-10/h3-5H,1-2H3,(H,14,15)(H,16,17). The number of aromatic amines is 1. The van der Waals surface area contributed by atoms with E-state index in [1.165, 1.54) is 0 Å². The van der Waals surface area contributed by atoms with Crippen molar-refractivity contribution in [3.63, 3.8) is 0 Å². The number of halogens is 1. The third kappa shape index (κ3) is 2.04. The number of aryl methyl sites for hydroxylation is 1. The van der Waals surface area contributed by atoms with Crippen LogP contribution in [0.1, 0.15) is 15.9 Å². The molecule has 0 saturated heterocycles. The monoisotopic (exact) mass is 266 g/mol. The Morgan fingerprint density at radius 3 is 2.78 bits per heavy atom. The summed E-state index contributed by atoms with van der Waals surface area (Å²) < 4.78 is 5.15. The SMILES string of the molecule is COc1ccc(-c2n[nH]c(Cl)c2C(=O)O)cc1C. The van der Waals surface area contributed by atoms with Gasteiger partial charge in [0, 0.05) is 5.56 Å². The van der Waals surface area contributed by atoms with Gasteiger partial charge in [-0.1, -0.05) is 11.6 Å². The molecule has 6 heteroatoms. The molecule has 2 aromatic rings. The van der Waals surface area contributed by atoms with Gasteiger partial charge in [-0.05, 0) is 30.7 Å². The van der Waals surface area contributed by atoms with E-state index >= 15 is 0 Å². The largest absolute Gasteiger partial charge is 0.496 e. The quantitative estimate of drug-likeness (QED) is 0.896. The summed E-state index contributed by atoms with van der Waals surface area (Å²) in [5, 5.41) is 15.5. The van der Waals surface area contributed by atoms with Crippen molar-refractivity contribution in [3.8, 4) is 17.0 Å². The highest BCUT2D eigenvalue weighted by molar-refractivity contribution is 6.33. The van der Waals surface area contributed by atoms with E-state index in [1.807, 2.05) is 6.92 Å². The highest BCUT2D eigenvalue weighted by atomic mass is 35.5. The zero-order valence-corrected chi connectivity index (χ0v) is 10.6. The van der Waals surface area contributed by atoms with Crippen molar-refractivity contribution in [2.24, 2.45) is 0 Å². The lowest BCUT2D eigenvalue weighted by molar-refractivity contribution is 0.0698. The number of carbonyl (C=O) groups is 1. The average molecular weight is 267 g/mol. The van der Waals surface area contributed by atoms with Crippen LogP contribution in [-0.4, -0.2) is 28.4 Å². The second-order valence-electron chi connectivity index (χ2n) is 3.75. The number of hydrogen-bond acceptors (Lipinski definition) is 3. The molecule has 1 aromatic heterocycles. The molecule has 0 radical (unpaired) electrons. The summed E-state index contributed by atoms with van der Waals surface area (Å²) in [6.45, 7) is 1.87. The number of H-pyrrole nitrogens is 1. The van der Waals surface area contributed by atoms with E-state index in [0.29, 0.717) is 11.3 Å². The van der Waals surface area contributed by atoms with Crippen molar-refractivity contribution in [2.75, 3.05) is 7.11 Å². The summed E-state index contributed by atoms with van der Waals surface area (Å²) in [5.74, 6) is -0.380. The Labute approximate surface area is 108 Å². The van der Waals surface area contributed by atoms with E-state index in [2.05, 4.69) is 10.2 Å². The molecule has 0 aliphatic rings. The molecule has 0 spiro atoms. The number of methoxy groups -OCH3 is 1. The number of nitrogens with zero attached hydrogens (tertiary/aromatic N) is 1. The molecule has 0 unspecified atom stereocenters. The second kappa shape index (κ2) is 4.70. The lowest BCUT2D eigenvalue weighted by atomic mass is 10.1. The highest BCUT2D eigenvalue weighted by Crippen LogP contribution is 2.29. The fraction of sp³-hybridized carbons (Fsp3) is 0.167. The Balaban J connectivity index is 2.56. The summed E-state index contributed by atoms with van der Waals surface area (Å²) >= 11 is 5.76. The number of benzene rings is 1. The number of rotatable bonds is 3. The molecular weight excluding hydrogens is 256 g/mol. The van der Waals surface area contributed by atoms with Crippen LogP contribution >= 0.6 is 11.6 Å². The molecule has 2 N–H and O–H groups in total. The molecule has 0 bridgehead atoms. The molecule has 94 valence electrons. The smallest absolute Gasteiger partial charge is 0.341 e. The third-order valence-electron chi connectivity index (χ3n) is 2.60. The van der Waals surface area contributed by atoms with Crippen LogP contribution in [0, 0.1) is 6.92 Å². The third-order valence-corrected chi connectivity index (χ3v) is 2.88. The van der Waals surface area contributed by atoms with Crippen LogP contribution in [0.15, 0.2) is 18.2 Å². The Bertz CT molecular complexity index is 607. The first-order valence-corrected chi connectivity index (χ1v) is 5.54. The molecule has 18 heavy (non-hydrogen) atoms. The van der Waals surface area contributed by atoms with E-state index in [9.17, 15) is 4.79 Å². The van der Waals surface area contributed by atoms with Gasteiger partial charge in [-0.2, -0.15) is 5.10 Å². The van der Waals surface area contributed by atoms with Gasteiger partial charge in [0.25, 0.3) is 0 Å².